The number of carboxylic acid groups (broad SMARTS) is 1. The highest BCUT2D eigenvalue weighted by molar-refractivity contribution is 7.89. The number of nitrogens with zero attached hydrogens (tertiary/aromatic N) is 1. The van der Waals surface area contributed by atoms with Gasteiger partial charge >= 0.3 is 5.97 Å². The van der Waals surface area contributed by atoms with Crippen LogP contribution in [-0.4, -0.2) is 50.6 Å². The highest BCUT2D eigenvalue weighted by Crippen LogP contribution is 2.15. The number of nitrogens with one attached hydrogen (secondary N) is 1. The molecule has 2 rings (SSSR count). The first-order valence-corrected chi connectivity index (χ1v) is 7.41. The molecule has 1 atom stereocenters. The predicted octanol–water partition coefficient (Wildman–Crippen LogP) is 0.367. The van der Waals surface area contributed by atoms with E-state index in [-0.39, 0.29) is 16.5 Å². The Morgan fingerprint density at radius 3 is 2.79 bits per heavy atom. The Bertz CT molecular complexity index is 585. The molecule has 1 aromatic rings. The summed E-state index contributed by atoms with van der Waals surface area (Å²) in [5.74, 6) is -1.14. The maximum absolute atomic E-state index is 12.1. The molecule has 1 unspecified atom stereocenters. The van der Waals surface area contributed by atoms with Crippen LogP contribution in [0.1, 0.15) is 16.8 Å². The second-order valence-electron chi connectivity index (χ2n) is 4.70. The van der Waals surface area contributed by atoms with Crippen molar-refractivity contribution in [3.05, 3.63) is 29.8 Å². The van der Waals surface area contributed by atoms with Gasteiger partial charge in [0.15, 0.2) is 0 Å². The van der Waals surface area contributed by atoms with Crippen molar-refractivity contribution in [3.63, 3.8) is 0 Å². The van der Waals surface area contributed by atoms with Gasteiger partial charge in [0.05, 0.1) is 10.5 Å². The van der Waals surface area contributed by atoms with Gasteiger partial charge in [0.25, 0.3) is 0 Å². The summed E-state index contributed by atoms with van der Waals surface area (Å²) in [5.41, 5.74) is -0.0357. The van der Waals surface area contributed by atoms with E-state index in [1.165, 1.54) is 24.3 Å². The van der Waals surface area contributed by atoms with Crippen LogP contribution in [0.25, 0.3) is 0 Å². The van der Waals surface area contributed by atoms with Crippen LogP contribution >= 0.6 is 0 Å². The molecule has 19 heavy (non-hydrogen) atoms. The quantitative estimate of drug-likeness (QED) is 0.834. The summed E-state index contributed by atoms with van der Waals surface area (Å²) in [6.07, 6.45) is 0.758. The fraction of sp³-hybridized carbons (Fsp3) is 0.417. The van der Waals surface area contributed by atoms with Gasteiger partial charge in [0, 0.05) is 12.6 Å². The fourth-order valence-corrected chi connectivity index (χ4v) is 3.42. The molecule has 1 heterocycles. The van der Waals surface area contributed by atoms with Gasteiger partial charge in [-0.2, -0.15) is 0 Å². The summed E-state index contributed by atoms with van der Waals surface area (Å²) in [7, 11) is -1.73. The van der Waals surface area contributed by atoms with Crippen LogP contribution in [0.3, 0.4) is 0 Å². The number of aromatic carboxylic acids is 1. The van der Waals surface area contributed by atoms with E-state index < -0.39 is 16.0 Å². The van der Waals surface area contributed by atoms with Crippen molar-refractivity contribution in [2.75, 3.05) is 20.1 Å². The topological polar surface area (TPSA) is 86.7 Å². The van der Waals surface area contributed by atoms with Crippen LogP contribution in [0, 0.1) is 0 Å². The summed E-state index contributed by atoms with van der Waals surface area (Å²) in [5, 5.41) is 8.87. The number of hydrogen-bond donors (Lipinski definition) is 2. The van der Waals surface area contributed by atoms with E-state index in [4.69, 9.17) is 5.11 Å². The van der Waals surface area contributed by atoms with Crippen molar-refractivity contribution >= 4 is 16.0 Å². The largest absolute Gasteiger partial charge is 0.478 e. The van der Waals surface area contributed by atoms with Crippen LogP contribution in [-0.2, 0) is 10.0 Å². The zero-order valence-electron chi connectivity index (χ0n) is 10.5. The third-order valence-electron chi connectivity index (χ3n) is 3.10. The van der Waals surface area contributed by atoms with E-state index in [1.807, 2.05) is 11.9 Å². The molecule has 1 saturated heterocycles. The van der Waals surface area contributed by atoms with Gasteiger partial charge in [0.2, 0.25) is 10.0 Å². The fourth-order valence-electron chi connectivity index (χ4n) is 2.11. The van der Waals surface area contributed by atoms with E-state index in [1.54, 1.807) is 0 Å². The third kappa shape index (κ3) is 3.31. The number of rotatable bonds is 4. The zero-order chi connectivity index (χ0) is 14.0. The lowest BCUT2D eigenvalue weighted by molar-refractivity contribution is 0.0696. The zero-order valence-corrected chi connectivity index (χ0v) is 11.4. The molecule has 1 aromatic carbocycles. The summed E-state index contributed by atoms with van der Waals surface area (Å²) >= 11 is 0. The molecule has 104 valence electrons. The minimum atomic E-state index is -3.66. The Balaban J connectivity index is 2.19. The number of carbonyl (C=O) groups is 1. The van der Waals surface area contributed by atoms with Crippen molar-refractivity contribution in [3.8, 4) is 0 Å². The lowest BCUT2D eigenvalue weighted by atomic mass is 10.2. The Hall–Kier alpha value is -1.44. The summed E-state index contributed by atoms with van der Waals surface area (Å²) in [6.45, 7) is 1.51. The average Bonchev–Trinajstić information content (AvgIpc) is 2.74. The van der Waals surface area contributed by atoms with Crippen LogP contribution in [0.2, 0.25) is 0 Å². The molecule has 0 aliphatic carbocycles. The predicted molar refractivity (Wildman–Crippen MR) is 69.6 cm³/mol. The van der Waals surface area contributed by atoms with Gasteiger partial charge in [-0.15, -0.1) is 0 Å². The molecule has 7 heteroatoms. The molecule has 0 saturated carbocycles. The Morgan fingerprint density at radius 2 is 2.21 bits per heavy atom. The molecule has 2 N–H and O–H groups in total. The second kappa shape index (κ2) is 5.28. The van der Waals surface area contributed by atoms with Crippen LogP contribution < -0.4 is 4.72 Å². The summed E-state index contributed by atoms with van der Waals surface area (Å²) in [4.78, 5) is 12.9. The Morgan fingerprint density at radius 1 is 1.47 bits per heavy atom. The number of hydrogen-bond acceptors (Lipinski definition) is 4. The number of carboxylic acids is 1. The summed E-state index contributed by atoms with van der Waals surface area (Å²) < 4.78 is 26.9. The van der Waals surface area contributed by atoms with E-state index >= 15 is 0 Å². The van der Waals surface area contributed by atoms with E-state index in [9.17, 15) is 13.2 Å². The number of likely N-dealkylation sites (N-methyl/N-ethyl adjacent to an activating group) is 1. The molecule has 0 radical (unpaired) electrons. The highest BCUT2D eigenvalue weighted by atomic mass is 32.2. The number of likely N-dealkylation sites (tertiary alicyclic amines) is 1. The standard InChI is InChI=1S/C12H16N2O4S/c1-14-6-5-10(8-14)13-19(17,18)11-4-2-3-9(7-11)12(15)16/h2-4,7,10,13H,5-6,8H2,1H3,(H,15,16). The van der Waals surface area contributed by atoms with Crippen molar-refractivity contribution in [1.29, 1.82) is 0 Å². The van der Waals surface area contributed by atoms with Gasteiger partial charge in [-0.1, -0.05) is 6.07 Å². The van der Waals surface area contributed by atoms with Gasteiger partial charge in [-0.3, -0.25) is 0 Å². The van der Waals surface area contributed by atoms with Crippen LogP contribution in [0.15, 0.2) is 29.2 Å². The van der Waals surface area contributed by atoms with E-state index in [0.29, 0.717) is 6.54 Å². The molecule has 0 aromatic heterocycles. The lowest BCUT2D eigenvalue weighted by Gasteiger charge is -2.13. The SMILES string of the molecule is CN1CCC(NS(=O)(=O)c2cccc(C(=O)O)c2)C1. The number of benzene rings is 1. The highest BCUT2D eigenvalue weighted by Gasteiger charge is 2.25. The van der Waals surface area contributed by atoms with Gasteiger partial charge in [-0.25, -0.2) is 17.9 Å². The minimum Gasteiger partial charge on any atom is -0.478 e. The lowest BCUT2D eigenvalue weighted by Crippen LogP contribution is -2.36. The Kier molecular flexibility index (Phi) is 3.88. The van der Waals surface area contributed by atoms with Crippen molar-refractivity contribution < 1.29 is 18.3 Å². The smallest absolute Gasteiger partial charge is 0.335 e. The first-order valence-electron chi connectivity index (χ1n) is 5.93. The van der Waals surface area contributed by atoms with E-state index in [0.717, 1.165) is 13.0 Å². The van der Waals surface area contributed by atoms with Crippen LogP contribution in [0.4, 0.5) is 0 Å². The molecular formula is C12H16N2O4S. The van der Waals surface area contributed by atoms with Gasteiger partial charge in [-0.05, 0) is 38.2 Å². The maximum Gasteiger partial charge on any atom is 0.335 e. The monoisotopic (exact) mass is 284 g/mol. The van der Waals surface area contributed by atoms with Crippen LogP contribution in [0.5, 0.6) is 0 Å². The van der Waals surface area contributed by atoms with Crippen molar-refractivity contribution in [2.24, 2.45) is 0 Å². The molecule has 0 amide bonds. The van der Waals surface area contributed by atoms with Gasteiger partial charge in [0.1, 0.15) is 0 Å². The minimum absolute atomic E-state index is 0.0121. The molecule has 0 bridgehead atoms. The molecular weight excluding hydrogens is 268 g/mol. The van der Waals surface area contributed by atoms with Gasteiger partial charge < -0.3 is 10.0 Å². The van der Waals surface area contributed by atoms with E-state index in [2.05, 4.69) is 4.72 Å². The van der Waals surface area contributed by atoms with Crippen molar-refractivity contribution in [1.82, 2.24) is 9.62 Å². The molecule has 1 fully saturated rings. The first-order chi connectivity index (χ1) is 8.88. The third-order valence-corrected chi connectivity index (χ3v) is 4.62. The average molecular weight is 284 g/mol. The maximum atomic E-state index is 12.1. The normalized spacial score (nSPS) is 20.6. The number of sulfonamides is 1. The second-order valence-corrected chi connectivity index (χ2v) is 6.42. The van der Waals surface area contributed by atoms with Crippen molar-refractivity contribution in [2.45, 2.75) is 17.4 Å². The molecule has 1 aliphatic rings. The summed E-state index contributed by atoms with van der Waals surface area (Å²) in [6, 6.07) is 5.24. The molecule has 6 nitrogen and oxygen atoms in total. The molecule has 1 aliphatic heterocycles. The Labute approximate surface area is 112 Å². The molecule has 0 spiro atoms. The first kappa shape index (κ1) is 14.0.